The molecule has 0 unspecified atom stereocenters. The van der Waals surface area contributed by atoms with Crippen molar-refractivity contribution in [2.75, 3.05) is 0 Å². The molecule has 1 saturated carbocycles. The van der Waals surface area contributed by atoms with Crippen molar-refractivity contribution in [2.45, 2.75) is 31.3 Å². The van der Waals surface area contributed by atoms with Gasteiger partial charge in [0.15, 0.2) is 0 Å². The number of carbonyl (C=O) groups excluding carboxylic acids is 1. The van der Waals surface area contributed by atoms with Gasteiger partial charge in [-0.25, -0.2) is 0 Å². The number of rotatable bonds is 5. The zero-order valence-electron chi connectivity index (χ0n) is 12.0. The van der Waals surface area contributed by atoms with Gasteiger partial charge in [0.05, 0.1) is 5.41 Å². The smallest absolute Gasteiger partial charge is 0.230 e. The van der Waals surface area contributed by atoms with Crippen LogP contribution in [0.25, 0.3) is 0 Å². The minimum absolute atomic E-state index is 0.131. The molecular weight excluding hydrogens is 260 g/mol. The van der Waals surface area contributed by atoms with Crippen LogP contribution in [0, 0.1) is 0 Å². The van der Waals surface area contributed by atoms with Crippen molar-refractivity contribution in [1.29, 1.82) is 0 Å². The maximum atomic E-state index is 12.5. The monoisotopic (exact) mass is 280 g/mol. The molecule has 3 nitrogen and oxygen atoms in total. The second-order valence-electron chi connectivity index (χ2n) is 5.65. The molecule has 108 valence electrons. The van der Waals surface area contributed by atoms with E-state index in [0.717, 1.165) is 29.5 Å². The molecule has 0 radical (unpaired) electrons. The standard InChI is InChI=1S/C18H20N2O/c19-12-14-5-4-6-15(11-14)13-20-17(21)18(9-10-18)16-7-2-1-3-8-16/h1-8,11H,9-10,12-13,19H2,(H,20,21). The van der Waals surface area contributed by atoms with Gasteiger partial charge in [0.1, 0.15) is 0 Å². The Morgan fingerprint density at radius 2 is 1.76 bits per heavy atom. The van der Waals surface area contributed by atoms with Crippen molar-refractivity contribution in [3.05, 3.63) is 71.3 Å². The lowest BCUT2D eigenvalue weighted by atomic mass is 9.95. The maximum Gasteiger partial charge on any atom is 0.230 e. The predicted octanol–water partition coefficient (Wildman–Crippen LogP) is 2.49. The van der Waals surface area contributed by atoms with Crippen LogP contribution in [0.4, 0.5) is 0 Å². The Labute approximate surface area is 125 Å². The first-order valence-electron chi connectivity index (χ1n) is 7.36. The van der Waals surface area contributed by atoms with E-state index in [-0.39, 0.29) is 11.3 Å². The number of nitrogens with two attached hydrogens (primary N) is 1. The van der Waals surface area contributed by atoms with E-state index in [0.29, 0.717) is 13.1 Å². The first kappa shape index (κ1) is 13.8. The third kappa shape index (κ3) is 2.83. The minimum atomic E-state index is -0.299. The normalized spacial score (nSPS) is 15.5. The van der Waals surface area contributed by atoms with Crippen LogP contribution in [0.15, 0.2) is 54.6 Å². The summed E-state index contributed by atoms with van der Waals surface area (Å²) >= 11 is 0. The number of hydrogen-bond donors (Lipinski definition) is 2. The molecular formula is C18H20N2O. The summed E-state index contributed by atoms with van der Waals surface area (Å²) in [6, 6.07) is 18.1. The maximum absolute atomic E-state index is 12.5. The Hall–Kier alpha value is -2.13. The van der Waals surface area contributed by atoms with Crippen LogP contribution >= 0.6 is 0 Å². The largest absolute Gasteiger partial charge is 0.351 e. The van der Waals surface area contributed by atoms with Gasteiger partial charge in [-0.05, 0) is 29.5 Å². The van der Waals surface area contributed by atoms with Gasteiger partial charge in [-0.3, -0.25) is 4.79 Å². The van der Waals surface area contributed by atoms with Gasteiger partial charge in [-0.2, -0.15) is 0 Å². The molecule has 0 heterocycles. The van der Waals surface area contributed by atoms with Crippen LogP contribution < -0.4 is 11.1 Å². The Morgan fingerprint density at radius 3 is 2.43 bits per heavy atom. The van der Waals surface area contributed by atoms with Crippen LogP contribution in [0.5, 0.6) is 0 Å². The summed E-state index contributed by atoms with van der Waals surface area (Å²) < 4.78 is 0. The number of amides is 1. The lowest BCUT2D eigenvalue weighted by Crippen LogP contribution is -2.34. The van der Waals surface area contributed by atoms with Crippen molar-refractivity contribution in [2.24, 2.45) is 5.73 Å². The molecule has 1 aliphatic carbocycles. The van der Waals surface area contributed by atoms with E-state index in [9.17, 15) is 4.79 Å². The Bertz CT molecular complexity index is 633. The molecule has 2 aromatic carbocycles. The van der Waals surface area contributed by atoms with Gasteiger partial charge in [-0.15, -0.1) is 0 Å². The highest BCUT2D eigenvalue weighted by molar-refractivity contribution is 5.91. The average molecular weight is 280 g/mol. The van der Waals surface area contributed by atoms with Crippen molar-refractivity contribution in [1.82, 2.24) is 5.32 Å². The van der Waals surface area contributed by atoms with Crippen LogP contribution in [-0.2, 0) is 23.3 Å². The molecule has 0 saturated heterocycles. The van der Waals surface area contributed by atoms with Crippen molar-refractivity contribution < 1.29 is 4.79 Å². The summed E-state index contributed by atoms with van der Waals surface area (Å²) in [5.74, 6) is 0.131. The molecule has 3 rings (SSSR count). The molecule has 0 aliphatic heterocycles. The van der Waals surface area contributed by atoms with E-state index in [1.54, 1.807) is 0 Å². The Balaban J connectivity index is 1.67. The molecule has 0 bridgehead atoms. The van der Waals surface area contributed by atoms with E-state index in [2.05, 4.69) is 5.32 Å². The molecule has 3 heteroatoms. The summed E-state index contributed by atoms with van der Waals surface area (Å²) in [6.07, 6.45) is 1.87. The van der Waals surface area contributed by atoms with E-state index < -0.39 is 0 Å². The molecule has 1 amide bonds. The first-order valence-corrected chi connectivity index (χ1v) is 7.36. The zero-order chi connectivity index (χ0) is 14.7. The fraction of sp³-hybridized carbons (Fsp3) is 0.278. The van der Waals surface area contributed by atoms with Crippen molar-refractivity contribution >= 4 is 5.91 Å². The van der Waals surface area contributed by atoms with Gasteiger partial charge in [0.2, 0.25) is 5.91 Å². The molecule has 21 heavy (non-hydrogen) atoms. The molecule has 1 fully saturated rings. The quantitative estimate of drug-likeness (QED) is 0.884. The van der Waals surface area contributed by atoms with Gasteiger partial charge in [-0.1, -0.05) is 54.6 Å². The highest BCUT2D eigenvalue weighted by Gasteiger charge is 2.50. The molecule has 0 atom stereocenters. The number of hydrogen-bond acceptors (Lipinski definition) is 2. The topological polar surface area (TPSA) is 55.1 Å². The summed E-state index contributed by atoms with van der Waals surface area (Å²) in [5.41, 5.74) is 8.65. The molecule has 2 aromatic rings. The second-order valence-corrected chi connectivity index (χ2v) is 5.65. The van der Waals surface area contributed by atoms with E-state index in [1.807, 2.05) is 54.6 Å². The summed E-state index contributed by atoms with van der Waals surface area (Å²) in [4.78, 5) is 12.5. The van der Waals surface area contributed by atoms with Gasteiger partial charge in [0.25, 0.3) is 0 Å². The van der Waals surface area contributed by atoms with Crippen molar-refractivity contribution in [3.63, 3.8) is 0 Å². The summed E-state index contributed by atoms with van der Waals surface area (Å²) in [7, 11) is 0. The third-order valence-corrected chi connectivity index (χ3v) is 4.19. The third-order valence-electron chi connectivity index (χ3n) is 4.19. The number of benzene rings is 2. The van der Waals surface area contributed by atoms with Gasteiger partial charge < -0.3 is 11.1 Å². The SMILES string of the molecule is NCc1cccc(CNC(=O)C2(c3ccccc3)CC2)c1. The molecule has 0 aromatic heterocycles. The summed E-state index contributed by atoms with van der Waals surface area (Å²) in [5, 5.41) is 3.07. The highest BCUT2D eigenvalue weighted by atomic mass is 16.2. The highest BCUT2D eigenvalue weighted by Crippen LogP contribution is 2.48. The van der Waals surface area contributed by atoms with E-state index in [4.69, 9.17) is 5.73 Å². The van der Waals surface area contributed by atoms with Crippen LogP contribution in [0.2, 0.25) is 0 Å². The van der Waals surface area contributed by atoms with Crippen molar-refractivity contribution in [3.8, 4) is 0 Å². The van der Waals surface area contributed by atoms with E-state index >= 15 is 0 Å². The number of nitrogens with one attached hydrogen (secondary N) is 1. The fourth-order valence-electron chi connectivity index (χ4n) is 2.75. The zero-order valence-corrected chi connectivity index (χ0v) is 12.0. The fourth-order valence-corrected chi connectivity index (χ4v) is 2.75. The molecule has 0 spiro atoms. The Morgan fingerprint density at radius 1 is 1.05 bits per heavy atom. The van der Waals surface area contributed by atoms with Crippen LogP contribution in [0.1, 0.15) is 29.5 Å². The van der Waals surface area contributed by atoms with Crippen LogP contribution in [0.3, 0.4) is 0 Å². The van der Waals surface area contributed by atoms with Gasteiger partial charge >= 0.3 is 0 Å². The second kappa shape index (κ2) is 5.70. The lowest BCUT2D eigenvalue weighted by molar-refractivity contribution is -0.123. The summed E-state index contributed by atoms with van der Waals surface area (Å²) in [6.45, 7) is 1.08. The number of carbonyl (C=O) groups is 1. The van der Waals surface area contributed by atoms with E-state index in [1.165, 1.54) is 0 Å². The minimum Gasteiger partial charge on any atom is -0.351 e. The Kier molecular flexibility index (Phi) is 3.76. The first-order chi connectivity index (χ1) is 10.2. The molecule has 3 N–H and O–H groups in total. The van der Waals surface area contributed by atoms with Gasteiger partial charge in [0, 0.05) is 13.1 Å². The predicted molar refractivity (Wildman–Crippen MR) is 83.5 cm³/mol. The average Bonchev–Trinajstić information content (AvgIpc) is 3.35. The van der Waals surface area contributed by atoms with Crippen LogP contribution in [-0.4, -0.2) is 5.91 Å². The lowest BCUT2D eigenvalue weighted by Gasteiger charge is -2.16. The molecule has 1 aliphatic rings.